The standard InChI is InChI=1S/C11H19N3O/c1-4-11(3,5-2)14-10(15)9-6-8(12)7-13-9/h6-7,13H,4-5,12H2,1-3H3,(H,14,15). The Morgan fingerprint density at radius 2 is 2.13 bits per heavy atom. The van der Waals surface area contributed by atoms with E-state index < -0.39 is 0 Å². The maximum atomic E-state index is 11.8. The predicted octanol–water partition coefficient (Wildman–Crippen LogP) is 1.91. The summed E-state index contributed by atoms with van der Waals surface area (Å²) in [5.41, 5.74) is 6.49. The molecular weight excluding hydrogens is 190 g/mol. The van der Waals surface area contributed by atoms with Crippen LogP contribution in [0, 0.1) is 0 Å². The van der Waals surface area contributed by atoms with Crippen LogP contribution in [0.15, 0.2) is 12.3 Å². The summed E-state index contributed by atoms with van der Waals surface area (Å²) < 4.78 is 0. The van der Waals surface area contributed by atoms with Crippen LogP contribution in [0.2, 0.25) is 0 Å². The van der Waals surface area contributed by atoms with Gasteiger partial charge in [-0.2, -0.15) is 0 Å². The summed E-state index contributed by atoms with van der Waals surface area (Å²) in [6.07, 6.45) is 3.43. The van der Waals surface area contributed by atoms with Gasteiger partial charge in [0.15, 0.2) is 0 Å². The highest BCUT2D eigenvalue weighted by Crippen LogP contribution is 2.15. The lowest BCUT2D eigenvalue weighted by Gasteiger charge is -2.27. The first kappa shape index (κ1) is 11.6. The number of aromatic amines is 1. The van der Waals surface area contributed by atoms with Gasteiger partial charge < -0.3 is 16.0 Å². The van der Waals surface area contributed by atoms with Crippen molar-refractivity contribution in [2.75, 3.05) is 5.73 Å². The number of carbonyl (C=O) groups excluding carboxylic acids is 1. The zero-order valence-corrected chi connectivity index (χ0v) is 9.55. The molecule has 0 fully saturated rings. The Morgan fingerprint density at radius 1 is 1.53 bits per heavy atom. The number of carbonyl (C=O) groups is 1. The molecule has 4 N–H and O–H groups in total. The fourth-order valence-corrected chi connectivity index (χ4v) is 1.31. The lowest BCUT2D eigenvalue weighted by Crippen LogP contribution is -2.45. The van der Waals surface area contributed by atoms with Crippen molar-refractivity contribution in [3.8, 4) is 0 Å². The van der Waals surface area contributed by atoms with Crippen molar-refractivity contribution in [3.63, 3.8) is 0 Å². The van der Waals surface area contributed by atoms with Gasteiger partial charge in [-0.15, -0.1) is 0 Å². The van der Waals surface area contributed by atoms with Gasteiger partial charge in [-0.1, -0.05) is 13.8 Å². The Balaban J connectivity index is 2.71. The molecule has 1 heterocycles. The van der Waals surface area contributed by atoms with E-state index in [1.54, 1.807) is 12.3 Å². The van der Waals surface area contributed by atoms with E-state index in [4.69, 9.17) is 5.73 Å². The average Bonchev–Trinajstić information content (AvgIpc) is 2.65. The van der Waals surface area contributed by atoms with Crippen LogP contribution in [-0.2, 0) is 0 Å². The lowest BCUT2D eigenvalue weighted by atomic mass is 9.95. The maximum absolute atomic E-state index is 11.8. The zero-order chi connectivity index (χ0) is 11.5. The molecule has 1 aromatic heterocycles. The SMILES string of the molecule is CCC(C)(CC)NC(=O)c1cc(N)c[nH]1. The molecule has 4 heteroatoms. The van der Waals surface area contributed by atoms with Gasteiger partial charge in [0.2, 0.25) is 0 Å². The molecule has 0 saturated carbocycles. The number of amides is 1. The third kappa shape index (κ3) is 2.75. The van der Waals surface area contributed by atoms with E-state index in [1.165, 1.54) is 0 Å². The monoisotopic (exact) mass is 209 g/mol. The van der Waals surface area contributed by atoms with E-state index in [0.717, 1.165) is 12.8 Å². The van der Waals surface area contributed by atoms with Crippen molar-refractivity contribution in [2.24, 2.45) is 0 Å². The van der Waals surface area contributed by atoms with Crippen molar-refractivity contribution in [1.29, 1.82) is 0 Å². The van der Waals surface area contributed by atoms with E-state index in [-0.39, 0.29) is 11.4 Å². The van der Waals surface area contributed by atoms with Gasteiger partial charge in [0, 0.05) is 17.4 Å². The summed E-state index contributed by atoms with van der Waals surface area (Å²) in [6, 6.07) is 1.64. The largest absolute Gasteiger partial charge is 0.397 e. The van der Waals surface area contributed by atoms with Gasteiger partial charge in [-0.05, 0) is 25.8 Å². The average molecular weight is 209 g/mol. The van der Waals surface area contributed by atoms with E-state index >= 15 is 0 Å². The van der Waals surface area contributed by atoms with Crippen LogP contribution in [0.4, 0.5) is 5.69 Å². The number of hydrogen-bond acceptors (Lipinski definition) is 2. The molecule has 1 amide bonds. The van der Waals surface area contributed by atoms with Crippen molar-refractivity contribution in [2.45, 2.75) is 39.2 Å². The molecule has 0 radical (unpaired) electrons. The molecule has 0 atom stereocenters. The third-order valence-electron chi connectivity index (χ3n) is 2.93. The number of nitrogens with two attached hydrogens (primary N) is 1. The quantitative estimate of drug-likeness (QED) is 0.708. The smallest absolute Gasteiger partial charge is 0.268 e. The molecule has 0 spiro atoms. The van der Waals surface area contributed by atoms with Gasteiger partial charge in [0.1, 0.15) is 5.69 Å². The minimum absolute atomic E-state index is 0.0992. The molecule has 0 aliphatic carbocycles. The number of nitrogen functional groups attached to an aromatic ring is 1. The molecule has 1 rings (SSSR count). The Labute approximate surface area is 90.2 Å². The van der Waals surface area contributed by atoms with Crippen LogP contribution in [0.5, 0.6) is 0 Å². The Kier molecular flexibility index (Phi) is 3.39. The van der Waals surface area contributed by atoms with Crippen LogP contribution < -0.4 is 11.1 Å². The van der Waals surface area contributed by atoms with Gasteiger partial charge in [0.25, 0.3) is 5.91 Å². The first-order chi connectivity index (χ1) is 7.00. The van der Waals surface area contributed by atoms with E-state index in [9.17, 15) is 4.79 Å². The van der Waals surface area contributed by atoms with Crippen LogP contribution >= 0.6 is 0 Å². The summed E-state index contributed by atoms with van der Waals surface area (Å²) in [5.74, 6) is -0.0992. The van der Waals surface area contributed by atoms with Gasteiger partial charge >= 0.3 is 0 Å². The van der Waals surface area contributed by atoms with Crippen LogP contribution in [-0.4, -0.2) is 16.4 Å². The highest BCUT2D eigenvalue weighted by Gasteiger charge is 2.22. The van der Waals surface area contributed by atoms with Crippen molar-refractivity contribution in [3.05, 3.63) is 18.0 Å². The fraction of sp³-hybridized carbons (Fsp3) is 0.545. The van der Waals surface area contributed by atoms with Crippen LogP contribution in [0.25, 0.3) is 0 Å². The van der Waals surface area contributed by atoms with E-state index in [0.29, 0.717) is 11.4 Å². The zero-order valence-electron chi connectivity index (χ0n) is 9.55. The molecule has 0 aliphatic heterocycles. The first-order valence-electron chi connectivity index (χ1n) is 5.27. The van der Waals surface area contributed by atoms with Gasteiger partial charge in [-0.25, -0.2) is 0 Å². The number of H-pyrrole nitrogens is 1. The summed E-state index contributed by atoms with van der Waals surface area (Å²) >= 11 is 0. The predicted molar refractivity (Wildman–Crippen MR) is 61.7 cm³/mol. The fourth-order valence-electron chi connectivity index (χ4n) is 1.31. The first-order valence-corrected chi connectivity index (χ1v) is 5.27. The van der Waals surface area contributed by atoms with Crippen LogP contribution in [0.3, 0.4) is 0 Å². The van der Waals surface area contributed by atoms with E-state index in [2.05, 4.69) is 24.1 Å². The number of hydrogen-bond donors (Lipinski definition) is 3. The minimum atomic E-state index is -0.142. The Morgan fingerprint density at radius 3 is 2.53 bits per heavy atom. The molecule has 84 valence electrons. The highest BCUT2D eigenvalue weighted by atomic mass is 16.2. The number of nitrogens with one attached hydrogen (secondary N) is 2. The molecule has 0 bridgehead atoms. The number of anilines is 1. The van der Waals surface area contributed by atoms with Crippen molar-refractivity contribution in [1.82, 2.24) is 10.3 Å². The topological polar surface area (TPSA) is 70.9 Å². The molecule has 15 heavy (non-hydrogen) atoms. The molecule has 4 nitrogen and oxygen atoms in total. The van der Waals surface area contributed by atoms with Crippen molar-refractivity contribution < 1.29 is 4.79 Å². The molecule has 0 aliphatic rings. The minimum Gasteiger partial charge on any atom is -0.397 e. The number of rotatable bonds is 4. The highest BCUT2D eigenvalue weighted by molar-refractivity contribution is 5.93. The summed E-state index contributed by atoms with van der Waals surface area (Å²) in [4.78, 5) is 14.6. The Bertz CT molecular complexity index is 339. The summed E-state index contributed by atoms with van der Waals surface area (Å²) in [5, 5.41) is 3.00. The molecule has 0 aromatic carbocycles. The second-order valence-corrected chi connectivity index (χ2v) is 4.07. The van der Waals surface area contributed by atoms with Gasteiger partial charge in [0.05, 0.1) is 0 Å². The second kappa shape index (κ2) is 4.38. The molecule has 1 aromatic rings. The van der Waals surface area contributed by atoms with Crippen molar-refractivity contribution >= 4 is 11.6 Å². The lowest BCUT2D eigenvalue weighted by molar-refractivity contribution is 0.0896. The number of aromatic nitrogens is 1. The van der Waals surface area contributed by atoms with E-state index in [1.807, 2.05) is 6.92 Å². The van der Waals surface area contributed by atoms with Gasteiger partial charge in [-0.3, -0.25) is 4.79 Å². The maximum Gasteiger partial charge on any atom is 0.268 e. The molecule has 0 unspecified atom stereocenters. The second-order valence-electron chi connectivity index (χ2n) is 4.07. The third-order valence-corrected chi connectivity index (χ3v) is 2.93. The summed E-state index contributed by atoms with van der Waals surface area (Å²) in [6.45, 7) is 6.16. The molecular formula is C11H19N3O. The van der Waals surface area contributed by atoms with Crippen LogP contribution in [0.1, 0.15) is 44.1 Å². The Hall–Kier alpha value is -1.45. The summed E-state index contributed by atoms with van der Waals surface area (Å²) in [7, 11) is 0. The normalized spacial score (nSPS) is 11.4. The molecule has 0 saturated heterocycles.